The van der Waals surface area contributed by atoms with E-state index in [2.05, 4.69) is 0 Å². The number of nitrogens with zero attached hydrogens (tertiary/aromatic N) is 1. The Morgan fingerprint density at radius 2 is 1.56 bits per heavy atom. The molecule has 1 aromatic heterocycles. The van der Waals surface area contributed by atoms with Crippen molar-refractivity contribution < 1.29 is 23.4 Å². The molecule has 5 aromatic rings. The zero-order chi connectivity index (χ0) is 30.1. The van der Waals surface area contributed by atoms with E-state index in [-0.39, 0.29) is 17.1 Å². The highest BCUT2D eigenvalue weighted by molar-refractivity contribution is 5.99. The van der Waals surface area contributed by atoms with Crippen LogP contribution in [-0.4, -0.2) is 31.6 Å². The summed E-state index contributed by atoms with van der Waals surface area (Å²) in [5, 5.41) is 0.485. The molecule has 7 heteroatoms. The van der Waals surface area contributed by atoms with Crippen molar-refractivity contribution in [2.75, 3.05) is 20.8 Å². The van der Waals surface area contributed by atoms with E-state index in [1.165, 1.54) is 0 Å². The molecule has 7 nitrogen and oxygen atoms in total. The number of carbonyl (C=O) groups is 1. The number of carbonyl (C=O) groups excluding carboxylic acids is 1. The molecule has 43 heavy (non-hydrogen) atoms. The van der Waals surface area contributed by atoms with Gasteiger partial charge in [0.25, 0.3) is 5.91 Å². The van der Waals surface area contributed by atoms with Gasteiger partial charge >= 0.3 is 0 Å². The molecule has 1 amide bonds. The van der Waals surface area contributed by atoms with Crippen molar-refractivity contribution in [1.82, 2.24) is 4.90 Å². The van der Waals surface area contributed by atoms with E-state index in [1.807, 2.05) is 98.8 Å². The fraction of sp³-hybridized carbons (Fsp3) is 0.222. The highest BCUT2D eigenvalue weighted by Crippen LogP contribution is 2.39. The Hall–Kier alpha value is -5.04. The van der Waals surface area contributed by atoms with Crippen LogP contribution in [0.1, 0.15) is 50.0 Å². The fourth-order valence-electron chi connectivity index (χ4n) is 5.82. The zero-order valence-corrected chi connectivity index (χ0v) is 24.7. The predicted octanol–water partition coefficient (Wildman–Crippen LogP) is 6.79. The number of rotatable bonds is 9. The van der Waals surface area contributed by atoms with E-state index < -0.39 is 6.04 Å². The standard InChI is InChI=1S/C36H33NO6/c1-22-18-23(2)34-28(19-22)33(38)31-32(26-11-13-27(14-12-26)42-21-25-8-6-5-7-9-25)37(36(39)35(31)43-34)17-16-24-10-15-29(40-3)30(20-24)41-4/h5-15,18-20,32H,16-17,21H2,1-4H3. The van der Waals surface area contributed by atoms with Gasteiger partial charge in [0.2, 0.25) is 5.76 Å². The molecule has 0 fully saturated rings. The molecule has 0 N–H and O–H groups in total. The summed E-state index contributed by atoms with van der Waals surface area (Å²) >= 11 is 0. The van der Waals surface area contributed by atoms with Crippen molar-refractivity contribution in [3.05, 3.63) is 134 Å². The molecular formula is C36H33NO6. The second-order valence-electron chi connectivity index (χ2n) is 10.8. The second kappa shape index (κ2) is 11.7. The average Bonchev–Trinajstić information content (AvgIpc) is 3.31. The van der Waals surface area contributed by atoms with Gasteiger partial charge < -0.3 is 23.5 Å². The lowest BCUT2D eigenvalue weighted by Crippen LogP contribution is -2.31. The third kappa shape index (κ3) is 5.34. The van der Waals surface area contributed by atoms with Crippen molar-refractivity contribution in [2.24, 2.45) is 0 Å². The molecule has 0 bridgehead atoms. The van der Waals surface area contributed by atoms with Crippen LogP contribution in [0.4, 0.5) is 0 Å². The summed E-state index contributed by atoms with van der Waals surface area (Å²) in [5.74, 6) is 1.75. The van der Waals surface area contributed by atoms with Crippen LogP contribution in [0.2, 0.25) is 0 Å². The molecule has 2 heterocycles. The fourth-order valence-corrected chi connectivity index (χ4v) is 5.82. The minimum absolute atomic E-state index is 0.103. The third-order valence-electron chi connectivity index (χ3n) is 7.93. The number of amides is 1. The lowest BCUT2D eigenvalue weighted by Gasteiger charge is -2.25. The van der Waals surface area contributed by atoms with Crippen LogP contribution in [-0.2, 0) is 13.0 Å². The molecule has 6 rings (SSSR count). The van der Waals surface area contributed by atoms with Crippen molar-refractivity contribution >= 4 is 16.9 Å². The lowest BCUT2D eigenvalue weighted by atomic mass is 9.97. The first kappa shape index (κ1) is 28.1. The molecular weight excluding hydrogens is 542 g/mol. The summed E-state index contributed by atoms with van der Waals surface area (Å²) in [6, 6.07) is 26.4. The van der Waals surface area contributed by atoms with Crippen LogP contribution in [0.15, 0.2) is 94.1 Å². The van der Waals surface area contributed by atoms with Gasteiger partial charge in [-0.2, -0.15) is 0 Å². The van der Waals surface area contributed by atoms with Crippen molar-refractivity contribution in [3.8, 4) is 17.2 Å². The number of fused-ring (bicyclic) bond motifs is 2. The van der Waals surface area contributed by atoms with Crippen LogP contribution in [0, 0.1) is 13.8 Å². The molecule has 4 aromatic carbocycles. The maximum Gasteiger partial charge on any atom is 0.290 e. The van der Waals surface area contributed by atoms with Crippen molar-refractivity contribution in [2.45, 2.75) is 32.9 Å². The van der Waals surface area contributed by atoms with Crippen LogP contribution < -0.4 is 19.6 Å². The Kier molecular flexibility index (Phi) is 7.63. The molecule has 1 aliphatic rings. The molecule has 0 saturated carbocycles. The van der Waals surface area contributed by atoms with E-state index in [0.717, 1.165) is 27.8 Å². The second-order valence-corrected chi connectivity index (χ2v) is 10.8. The molecule has 1 unspecified atom stereocenters. The van der Waals surface area contributed by atoms with Gasteiger partial charge in [-0.1, -0.05) is 54.6 Å². The van der Waals surface area contributed by atoms with Crippen LogP contribution in [0.5, 0.6) is 17.2 Å². The maximum atomic E-state index is 14.1. The van der Waals surface area contributed by atoms with Gasteiger partial charge in [0.1, 0.15) is 17.9 Å². The summed E-state index contributed by atoms with van der Waals surface area (Å²) < 4.78 is 23.1. The van der Waals surface area contributed by atoms with Gasteiger partial charge in [0.15, 0.2) is 16.9 Å². The Morgan fingerprint density at radius 1 is 0.814 bits per heavy atom. The molecule has 0 spiro atoms. The van der Waals surface area contributed by atoms with E-state index in [0.29, 0.717) is 53.4 Å². The highest BCUT2D eigenvalue weighted by atomic mass is 16.5. The monoisotopic (exact) mass is 575 g/mol. The number of hydrogen-bond acceptors (Lipinski definition) is 6. The van der Waals surface area contributed by atoms with Gasteiger partial charge in [0.05, 0.1) is 31.2 Å². The number of aryl methyl sites for hydroxylation is 2. The van der Waals surface area contributed by atoms with Gasteiger partial charge in [-0.15, -0.1) is 0 Å². The molecule has 1 atom stereocenters. The summed E-state index contributed by atoms with van der Waals surface area (Å²) in [6.07, 6.45) is 0.542. The minimum Gasteiger partial charge on any atom is -0.493 e. The van der Waals surface area contributed by atoms with E-state index >= 15 is 0 Å². The smallest absolute Gasteiger partial charge is 0.290 e. The molecule has 218 valence electrons. The SMILES string of the molecule is COc1ccc(CCN2C(=O)c3oc4c(C)cc(C)cc4c(=O)c3C2c2ccc(OCc3ccccc3)cc2)cc1OC. The predicted molar refractivity (Wildman–Crippen MR) is 165 cm³/mol. The largest absolute Gasteiger partial charge is 0.493 e. The molecule has 1 aliphatic heterocycles. The summed E-state index contributed by atoms with van der Waals surface area (Å²) in [6.45, 7) is 4.65. The average molecular weight is 576 g/mol. The Labute approximate surface area is 250 Å². The van der Waals surface area contributed by atoms with E-state index in [4.69, 9.17) is 18.6 Å². The number of methoxy groups -OCH3 is 2. The minimum atomic E-state index is -0.604. The number of hydrogen-bond donors (Lipinski definition) is 0. The van der Waals surface area contributed by atoms with E-state index in [9.17, 15) is 9.59 Å². The number of benzene rings is 4. The highest BCUT2D eigenvalue weighted by Gasteiger charge is 2.42. The van der Waals surface area contributed by atoms with Gasteiger partial charge in [-0.05, 0) is 78.4 Å². The summed E-state index contributed by atoms with van der Waals surface area (Å²) in [7, 11) is 3.19. The summed E-state index contributed by atoms with van der Waals surface area (Å²) in [4.78, 5) is 29.7. The first-order chi connectivity index (χ1) is 20.9. The van der Waals surface area contributed by atoms with Gasteiger partial charge in [-0.25, -0.2) is 0 Å². The Bertz CT molecular complexity index is 1860. The quantitative estimate of drug-likeness (QED) is 0.193. The van der Waals surface area contributed by atoms with Gasteiger partial charge in [-0.3, -0.25) is 9.59 Å². The van der Waals surface area contributed by atoms with Crippen molar-refractivity contribution in [1.29, 1.82) is 0 Å². The Balaban J connectivity index is 1.37. The van der Waals surface area contributed by atoms with Crippen LogP contribution >= 0.6 is 0 Å². The van der Waals surface area contributed by atoms with Crippen molar-refractivity contribution in [3.63, 3.8) is 0 Å². The summed E-state index contributed by atoms with van der Waals surface area (Å²) in [5.41, 5.74) is 5.27. The topological polar surface area (TPSA) is 78.2 Å². The normalized spacial score (nSPS) is 14.2. The van der Waals surface area contributed by atoms with Crippen LogP contribution in [0.3, 0.4) is 0 Å². The number of ether oxygens (including phenoxy) is 3. The third-order valence-corrected chi connectivity index (χ3v) is 7.93. The first-order valence-corrected chi connectivity index (χ1v) is 14.2. The lowest BCUT2D eigenvalue weighted by molar-refractivity contribution is 0.0730. The van der Waals surface area contributed by atoms with E-state index in [1.54, 1.807) is 19.1 Å². The van der Waals surface area contributed by atoms with Gasteiger partial charge in [0, 0.05) is 6.54 Å². The molecule has 0 saturated heterocycles. The molecule has 0 radical (unpaired) electrons. The van der Waals surface area contributed by atoms with Crippen LogP contribution in [0.25, 0.3) is 11.0 Å². The maximum absolute atomic E-state index is 14.1. The first-order valence-electron chi connectivity index (χ1n) is 14.2. The molecule has 0 aliphatic carbocycles. The Morgan fingerprint density at radius 3 is 2.28 bits per heavy atom. The zero-order valence-electron chi connectivity index (χ0n) is 24.7.